The van der Waals surface area contributed by atoms with Crippen LogP contribution in [0.1, 0.15) is 17.2 Å². The van der Waals surface area contributed by atoms with E-state index in [0.717, 1.165) is 13.1 Å². The minimum absolute atomic E-state index is 0.0763. The standard InChI is InChI=1S/C18H20N2O2/c1-19(18(21)22)16-12-20(13-16)17(14-8-4-2-5-9-14)15-10-6-3-7-11-15/h2-11,16-17H,12-13H2,1H3,(H,21,22). The monoisotopic (exact) mass is 296 g/mol. The molecule has 0 aromatic heterocycles. The minimum Gasteiger partial charge on any atom is -0.465 e. The fraction of sp³-hybridized carbons (Fsp3) is 0.278. The molecule has 0 bridgehead atoms. The van der Waals surface area contributed by atoms with Gasteiger partial charge in [-0.3, -0.25) is 4.90 Å². The molecule has 1 amide bonds. The van der Waals surface area contributed by atoms with Gasteiger partial charge in [0.15, 0.2) is 0 Å². The van der Waals surface area contributed by atoms with E-state index in [1.807, 2.05) is 36.4 Å². The molecule has 0 radical (unpaired) electrons. The molecular weight excluding hydrogens is 276 g/mol. The second-order valence-electron chi connectivity index (χ2n) is 5.73. The molecule has 1 saturated heterocycles. The highest BCUT2D eigenvalue weighted by atomic mass is 16.4. The maximum Gasteiger partial charge on any atom is 0.407 e. The summed E-state index contributed by atoms with van der Waals surface area (Å²) in [6.07, 6.45) is -0.861. The van der Waals surface area contributed by atoms with Crippen LogP contribution in [-0.2, 0) is 0 Å². The molecule has 1 aliphatic heterocycles. The van der Waals surface area contributed by atoms with Crippen molar-refractivity contribution in [1.82, 2.24) is 9.80 Å². The molecule has 22 heavy (non-hydrogen) atoms. The van der Waals surface area contributed by atoms with Gasteiger partial charge in [-0.1, -0.05) is 60.7 Å². The lowest BCUT2D eigenvalue weighted by Gasteiger charge is -2.47. The summed E-state index contributed by atoms with van der Waals surface area (Å²) in [5.74, 6) is 0. The van der Waals surface area contributed by atoms with Crippen LogP contribution in [0, 0.1) is 0 Å². The lowest BCUT2D eigenvalue weighted by Crippen LogP contribution is -2.60. The lowest BCUT2D eigenvalue weighted by atomic mass is 9.93. The summed E-state index contributed by atoms with van der Waals surface area (Å²) in [6.45, 7) is 1.52. The lowest BCUT2D eigenvalue weighted by molar-refractivity contribution is 0.0303. The van der Waals surface area contributed by atoms with Gasteiger partial charge in [0, 0.05) is 20.1 Å². The van der Waals surface area contributed by atoms with Crippen LogP contribution in [0.2, 0.25) is 0 Å². The molecule has 3 rings (SSSR count). The first kappa shape index (κ1) is 14.6. The van der Waals surface area contributed by atoms with Crippen molar-refractivity contribution in [3.05, 3.63) is 71.8 Å². The van der Waals surface area contributed by atoms with Gasteiger partial charge in [-0.15, -0.1) is 0 Å². The van der Waals surface area contributed by atoms with E-state index in [9.17, 15) is 4.79 Å². The van der Waals surface area contributed by atoms with Crippen LogP contribution in [0.5, 0.6) is 0 Å². The van der Waals surface area contributed by atoms with Gasteiger partial charge in [0.25, 0.3) is 0 Å². The maximum absolute atomic E-state index is 11.1. The van der Waals surface area contributed by atoms with Gasteiger partial charge in [-0.2, -0.15) is 0 Å². The second kappa shape index (κ2) is 6.20. The van der Waals surface area contributed by atoms with Crippen LogP contribution in [0.25, 0.3) is 0 Å². The van der Waals surface area contributed by atoms with Crippen molar-refractivity contribution in [3.8, 4) is 0 Å². The van der Waals surface area contributed by atoms with E-state index < -0.39 is 6.09 Å². The number of benzene rings is 2. The number of carbonyl (C=O) groups is 1. The number of amides is 1. The summed E-state index contributed by atoms with van der Waals surface area (Å²) in [5, 5.41) is 9.08. The highest BCUT2D eigenvalue weighted by Gasteiger charge is 2.37. The molecule has 4 heteroatoms. The maximum atomic E-state index is 11.1. The Morgan fingerprint density at radius 2 is 1.50 bits per heavy atom. The van der Waals surface area contributed by atoms with E-state index in [2.05, 4.69) is 29.2 Å². The Morgan fingerprint density at radius 1 is 1.05 bits per heavy atom. The molecule has 4 nitrogen and oxygen atoms in total. The van der Waals surface area contributed by atoms with Crippen LogP contribution in [0.4, 0.5) is 4.79 Å². The van der Waals surface area contributed by atoms with Crippen LogP contribution >= 0.6 is 0 Å². The van der Waals surface area contributed by atoms with Gasteiger partial charge in [0.1, 0.15) is 0 Å². The topological polar surface area (TPSA) is 43.8 Å². The number of likely N-dealkylation sites (N-methyl/N-ethyl adjacent to an activating group) is 1. The SMILES string of the molecule is CN(C(=O)O)C1CN(C(c2ccccc2)c2ccccc2)C1. The van der Waals surface area contributed by atoms with Gasteiger partial charge in [-0.25, -0.2) is 4.79 Å². The Morgan fingerprint density at radius 3 is 1.91 bits per heavy atom. The predicted molar refractivity (Wildman–Crippen MR) is 85.9 cm³/mol. The van der Waals surface area contributed by atoms with Crippen molar-refractivity contribution in [2.24, 2.45) is 0 Å². The minimum atomic E-state index is -0.861. The van der Waals surface area contributed by atoms with E-state index in [1.165, 1.54) is 16.0 Å². The predicted octanol–water partition coefficient (Wildman–Crippen LogP) is 3.07. The summed E-state index contributed by atoms with van der Waals surface area (Å²) in [6, 6.07) is 21.0. The molecule has 114 valence electrons. The third-order valence-corrected chi connectivity index (χ3v) is 4.34. The van der Waals surface area contributed by atoms with Crippen molar-refractivity contribution in [2.75, 3.05) is 20.1 Å². The zero-order valence-corrected chi connectivity index (χ0v) is 12.6. The first-order valence-electron chi connectivity index (χ1n) is 7.46. The van der Waals surface area contributed by atoms with E-state index in [0.29, 0.717) is 0 Å². The molecule has 0 aliphatic carbocycles. The van der Waals surface area contributed by atoms with Gasteiger partial charge in [0.05, 0.1) is 12.1 Å². The summed E-state index contributed by atoms with van der Waals surface area (Å²) >= 11 is 0. The zero-order chi connectivity index (χ0) is 15.5. The van der Waals surface area contributed by atoms with Gasteiger partial charge in [0.2, 0.25) is 0 Å². The molecule has 2 aromatic rings. The third kappa shape index (κ3) is 2.83. The molecule has 0 atom stereocenters. The Kier molecular flexibility index (Phi) is 4.11. The van der Waals surface area contributed by atoms with E-state index in [-0.39, 0.29) is 12.1 Å². The van der Waals surface area contributed by atoms with Crippen LogP contribution < -0.4 is 0 Å². The largest absolute Gasteiger partial charge is 0.465 e. The molecule has 0 saturated carbocycles. The summed E-state index contributed by atoms with van der Waals surface area (Å²) < 4.78 is 0. The Hall–Kier alpha value is -2.33. The Bertz CT molecular complexity index is 585. The average molecular weight is 296 g/mol. The van der Waals surface area contributed by atoms with Gasteiger partial charge in [-0.05, 0) is 11.1 Å². The third-order valence-electron chi connectivity index (χ3n) is 4.34. The number of rotatable bonds is 4. The average Bonchev–Trinajstić information content (AvgIpc) is 2.51. The molecule has 0 spiro atoms. The molecule has 1 N–H and O–H groups in total. The Labute approximate surface area is 130 Å². The highest BCUT2D eigenvalue weighted by molar-refractivity contribution is 5.65. The van der Waals surface area contributed by atoms with Crippen LogP contribution in [0.15, 0.2) is 60.7 Å². The van der Waals surface area contributed by atoms with Crippen LogP contribution in [-0.4, -0.2) is 47.2 Å². The van der Waals surface area contributed by atoms with Crippen molar-refractivity contribution in [1.29, 1.82) is 0 Å². The van der Waals surface area contributed by atoms with E-state index >= 15 is 0 Å². The summed E-state index contributed by atoms with van der Waals surface area (Å²) in [4.78, 5) is 14.8. The number of hydrogen-bond acceptors (Lipinski definition) is 2. The molecule has 1 aliphatic rings. The number of nitrogens with zero attached hydrogens (tertiary/aromatic N) is 2. The molecular formula is C18H20N2O2. The Balaban J connectivity index is 1.82. The first-order chi connectivity index (χ1) is 10.7. The van der Waals surface area contributed by atoms with Gasteiger partial charge >= 0.3 is 6.09 Å². The fourth-order valence-electron chi connectivity index (χ4n) is 2.98. The smallest absolute Gasteiger partial charge is 0.407 e. The normalized spacial score (nSPS) is 15.5. The number of carboxylic acid groups (broad SMARTS) is 1. The van der Waals surface area contributed by atoms with Crippen LogP contribution in [0.3, 0.4) is 0 Å². The summed E-state index contributed by atoms with van der Waals surface area (Å²) in [7, 11) is 1.64. The van der Waals surface area contributed by atoms with Crippen molar-refractivity contribution in [2.45, 2.75) is 12.1 Å². The number of hydrogen-bond donors (Lipinski definition) is 1. The molecule has 0 unspecified atom stereocenters. The summed E-state index contributed by atoms with van der Waals surface area (Å²) in [5.41, 5.74) is 2.48. The highest BCUT2D eigenvalue weighted by Crippen LogP contribution is 2.33. The zero-order valence-electron chi connectivity index (χ0n) is 12.6. The molecule has 2 aromatic carbocycles. The van der Waals surface area contributed by atoms with Crippen molar-refractivity contribution >= 4 is 6.09 Å². The van der Waals surface area contributed by atoms with E-state index in [1.54, 1.807) is 7.05 Å². The molecule has 1 fully saturated rings. The van der Waals surface area contributed by atoms with E-state index in [4.69, 9.17) is 5.11 Å². The first-order valence-corrected chi connectivity index (χ1v) is 7.46. The quantitative estimate of drug-likeness (QED) is 0.943. The fourth-order valence-corrected chi connectivity index (χ4v) is 2.98. The van der Waals surface area contributed by atoms with Gasteiger partial charge < -0.3 is 10.0 Å². The van der Waals surface area contributed by atoms with Crippen molar-refractivity contribution < 1.29 is 9.90 Å². The van der Waals surface area contributed by atoms with Crippen molar-refractivity contribution in [3.63, 3.8) is 0 Å². The molecule has 1 heterocycles. The number of likely N-dealkylation sites (tertiary alicyclic amines) is 1. The second-order valence-corrected chi connectivity index (χ2v) is 5.73.